The van der Waals surface area contributed by atoms with E-state index in [1.165, 1.54) is 385 Å². The number of aliphatic hydroxyl groups is 2. The van der Waals surface area contributed by atoms with Gasteiger partial charge in [0.05, 0.1) is 25.4 Å². The van der Waals surface area contributed by atoms with Crippen LogP contribution < -0.4 is 5.32 Å². The molecule has 0 aromatic carbocycles. The first-order chi connectivity index (χ1) is 43.5. The number of unbranched alkanes of at least 4 members (excludes halogenated alkanes) is 62. The first kappa shape index (κ1) is 86.3. The van der Waals surface area contributed by atoms with E-state index in [4.69, 9.17) is 4.74 Å². The van der Waals surface area contributed by atoms with Crippen LogP contribution in [-0.4, -0.2) is 47.4 Å². The van der Waals surface area contributed by atoms with Crippen molar-refractivity contribution in [3.05, 3.63) is 24.3 Å². The molecule has 0 heterocycles. The Kier molecular flexibility index (Phi) is 76.3. The third kappa shape index (κ3) is 73.4. The van der Waals surface area contributed by atoms with Crippen LogP contribution in [0.15, 0.2) is 24.3 Å². The molecule has 0 spiro atoms. The van der Waals surface area contributed by atoms with Gasteiger partial charge in [0.25, 0.3) is 0 Å². The topological polar surface area (TPSA) is 95.9 Å². The molecule has 0 aliphatic carbocycles. The van der Waals surface area contributed by atoms with E-state index in [9.17, 15) is 19.8 Å². The summed E-state index contributed by atoms with van der Waals surface area (Å²) in [5.74, 6) is -0.00403. The second-order valence-corrected chi connectivity index (χ2v) is 28.1. The van der Waals surface area contributed by atoms with Crippen molar-refractivity contribution >= 4 is 11.9 Å². The van der Waals surface area contributed by atoms with Crippen LogP contribution in [0.1, 0.15) is 463 Å². The number of aliphatic hydroxyl groups excluding tert-OH is 2. The number of nitrogens with one attached hydrogen (secondary N) is 1. The van der Waals surface area contributed by atoms with Crippen LogP contribution in [-0.2, 0) is 14.3 Å². The van der Waals surface area contributed by atoms with Crippen LogP contribution in [0.4, 0.5) is 0 Å². The Morgan fingerprint density at radius 1 is 0.318 bits per heavy atom. The largest absolute Gasteiger partial charge is 0.466 e. The number of amides is 1. The van der Waals surface area contributed by atoms with E-state index in [-0.39, 0.29) is 18.5 Å². The van der Waals surface area contributed by atoms with Crippen molar-refractivity contribution in [1.29, 1.82) is 0 Å². The van der Waals surface area contributed by atoms with Gasteiger partial charge in [0.2, 0.25) is 5.91 Å². The molecular weight excluding hydrogens is 1080 g/mol. The van der Waals surface area contributed by atoms with E-state index >= 15 is 0 Å². The minimum absolute atomic E-state index is 0.0246. The number of allylic oxidation sites excluding steroid dienone is 4. The highest BCUT2D eigenvalue weighted by Gasteiger charge is 2.20. The maximum atomic E-state index is 12.5. The average molecular weight is 1240 g/mol. The smallest absolute Gasteiger partial charge is 0.305 e. The minimum Gasteiger partial charge on any atom is -0.466 e. The van der Waals surface area contributed by atoms with Crippen molar-refractivity contribution in [2.45, 2.75) is 475 Å². The zero-order chi connectivity index (χ0) is 63.5. The lowest BCUT2D eigenvalue weighted by Crippen LogP contribution is -2.45. The van der Waals surface area contributed by atoms with Gasteiger partial charge < -0.3 is 20.3 Å². The zero-order valence-corrected chi connectivity index (χ0v) is 60.0. The molecular formula is C82H159NO5. The molecule has 1 amide bonds. The molecule has 0 bridgehead atoms. The van der Waals surface area contributed by atoms with Crippen molar-refractivity contribution in [3.8, 4) is 0 Å². The maximum absolute atomic E-state index is 12.5. The average Bonchev–Trinajstić information content (AvgIpc) is 3.59. The van der Waals surface area contributed by atoms with Gasteiger partial charge in [0, 0.05) is 12.8 Å². The highest BCUT2D eigenvalue weighted by atomic mass is 16.5. The van der Waals surface area contributed by atoms with Gasteiger partial charge in [-0.3, -0.25) is 9.59 Å². The predicted molar refractivity (Wildman–Crippen MR) is 389 cm³/mol. The van der Waals surface area contributed by atoms with Gasteiger partial charge in [-0.15, -0.1) is 0 Å². The van der Waals surface area contributed by atoms with E-state index < -0.39 is 12.1 Å². The van der Waals surface area contributed by atoms with E-state index in [2.05, 4.69) is 43.5 Å². The molecule has 6 heteroatoms. The van der Waals surface area contributed by atoms with Gasteiger partial charge >= 0.3 is 5.97 Å². The molecule has 0 radical (unpaired) electrons. The van der Waals surface area contributed by atoms with E-state index in [0.717, 1.165) is 44.9 Å². The van der Waals surface area contributed by atoms with Crippen molar-refractivity contribution in [3.63, 3.8) is 0 Å². The third-order valence-electron chi connectivity index (χ3n) is 19.3. The van der Waals surface area contributed by atoms with Crippen LogP contribution in [0, 0.1) is 0 Å². The Hall–Kier alpha value is -1.66. The number of carbonyl (C=O) groups excluding carboxylic acids is 2. The summed E-state index contributed by atoms with van der Waals surface area (Å²) in [5, 5.41) is 23.4. The Labute approximate surface area is 551 Å². The van der Waals surface area contributed by atoms with E-state index in [1.54, 1.807) is 0 Å². The fourth-order valence-electron chi connectivity index (χ4n) is 13.1. The monoisotopic (exact) mass is 1240 g/mol. The van der Waals surface area contributed by atoms with Gasteiger partial charge in [0.1, 0.15) is 0 Å². The van der Waals surface area contributed by atoms with E-state index in [1.807, 2.05) is 0 Å². The highest BCUT2D eigenvalue weighted by Crippen LogP contribution is 2.20. The summed E-state index contributed by atoms with van der Waals surface area (Å²) in [6.45, 7) is 5.01. The summed E-state index contributed by atoms with van der Waals surface area (Å²) in [6, 6.07) is -0.539. The number of carbonyl (C=O) groups is 2. The summed E-state index contributed by atoms with van der Waals surface area (Å²) in [4.78, 5) is 24.7. The van der Waals surface area contributed by atoms with Crippen molar-refractivity contribution in [2.75, 3.05) is 13.2 Å². The number of esters is 1. The number of ether oxygens (including phenoxy) is 1. The molecule has 0 saturated carbocycles. The first-order valence-corrected chi connectivity index (χ1v) is 40.6. The minimum atomic E-state index is -0.662. The SMILES string of the molecule is CCCCCCCCCCCCCCCCCCCCCC(=O)OCCCCCCCCCCCCCCC/C=C\C/C=C\CCCCCCCCCCCCCCCCCCCC(=O)NC(CO)C(O)CCCCCCCCCCCCCCCCC. The molecule has 3 N–H and O–H groups in total. The van der Waals surface area contributed by atoms with Crippen LogP contribution in [0.3, 0.4) is 0 Å². The lowest BCUT2D eigenvalue weighted by atomic mass is 10.0. The Balaban J connectivity index is 3.33. The first-order valence-electron chi connectivity index (χ1n) is 40.6. The molecule has 0 rings (SSSR count). The summed E-state index contributed by atoms with van der Waals surface area (Å²) < 4.78 is 5.52. The number of hydrogen-bond donors (Lipinski definition) is 3. The van der Waals surface area contributed by atoms with Gasteiger partial charge in [-0.2, -0.15) is 0 Å². The molecule has 0 aliphatic heterocycles. The van der Waals surface area contributed by atoms with Crippen molar-refractivity contribution in [2.24, 2.45) is 0 Å². The van der Waals surface area contributed by atoms with Crippen LogP contribution in [0.2, 0.25) is 0 Å². The summed E-state index contributed by atoms with van der Waals surface area (Å²) in [6.07, 6.45) is 100.0. The predicted octanol–water partition coefficient (Wildman–Crippen LogP) is 26.8. The molecule has 522 valence electrons. The third-order valence-corrected chi connectivity index (χ3v) is 19.3. The maximum Gasteiger partial charge on any atom is 0.305 e. The Morgan fingerprint density at radius 2 is 0.568 bits per heavy atom. The molecule has 2 unspecified atom stereocenters. The standard InChI is InChI=1S/C82H159NO5/c1-3-5-7-9-11-13-15-17-19-20-40-44-48-52-56-60-64-68-72-76-82(87)88-77-73-69-65-61-57-53-49-45-42-39-37-35-33-31-29-27-25-23-21-22-24-26-28-30-32-34-36-38-41-43-47-51-55-59-63-67-71-75-81(86)83-79(78-84)80(85)74-70-66-62-58-54-50-46-18-16-14-12-10-8-6-4-2/h21,23,27,29,79-80,84-85H,3-20,22,24-26,28,30-78H2,1-2H3,(H,83,86)/b23-21-,29-27-. The molecule has 0 aliphatic rings. The molecule has 0 fully saturated rings. The zero-order valence-electron chi connectivity index (χ0n) is 60.0. The fraction of sp³-hybridized carbons (Fsp3) is 0.927. The highest BCUT2D eigenvalue weighted by molar-refractivity contribution is 5.76. The summed E-state index contributed by atoms with van der Waals surface area (Å²) >= 11 is 0. The van der Waals surface area contributed by atoms with Crippen LogP contribution >= 0.6 is 0 Å². The second kappa shape index (κ2) is 77.8. The lowest BCUT2D eigenvalue weighted by Gasteiger charge is -2.22. The molecule has 2 atom stereocenters. The van der Waals surface area contributed by atoms with Crippen LogP contribution in [0.25, 0.3) is 0 Å². The Bertz CT molecular complexity index is 1380. The van der Waals surface area contributed by atoms with Gasteiger partial charge in [-0.1, -0.05) is 417 Å². The molecule has 6 nitrogen and oxygen atoms in total. The number of rotatable bonds is 77. The second-order valence-electron chi connectivity index (χ2n) is 28.1. The lowest BCUT2D eigenvalue weighted by molar-refractivity contribution is -0.143. The van der Waals surface area contributed by atoms with Gasteiger partial charge in [-0.25, -0.2) is 0 Å². The molecule has 88 heavy (non-hydrogen) atoms. The van der Waals surface area contributed by atoms with Crippen molar-refractivity contribution in [1.82, 2.24) is 5.32 Å². The van der Waals surface area contributed by atoms with Gasteiger partial charge in [0.15, 0.2) is 0 Å². The summed E-state index contributed by atoms with van der Waals surface area (Å²) in [7, 11) is 0. The summed E-state index contributed by atoms with van der Waals surface area (Å²) in [5.41, 5.74) is 0. The normalized spacial score (nSPS) is 12.5. The number of hydrogen-bond acceptors (Lipinski definition) is 5. The van der Waals surface area contributed by atoms with Crippen molar-refractivity contribution < 1.29 is 24.5 Å². The molecule has 0 aromatic heterocycles. The Morgan fingerprint density at radius 3 is 0.864 bits per heavy atom. The van der Waals surface area contributed by atoms with E-state index in [0.29, 0.717) is 25.9 Å². The fourth-order valence-corrected chi connectivity index (χ4v) is 13.1. The molecule has 0 saturated heterocycles. The quantitative estimate of drug-likeness (QED) is 0.0320. The van der Waals surface area contributed by atoms with Crippen LogP contribution in [0.5, 0.6) is 0 Å². The molecule has 0 aromatic rings. The van der Waals surface area contributed by atoms with Gasteiger partial charge in [-0.05, 0) is 57.8 Å².